The van der Waals surface area contributed by atoms with E-state index in [0.29, 0.717) is 19.7 Å². The van der Waals surface area contributed by atoms with Crippen molar-refractivity contribution in [2.75, 3.05) is 19.7 Å². The van der Waals surface area contributed by atoms with Gasteiger partial charge in [0.05, 0.1) is 6.61 Å². The maximum atomic E-state index is 11.6. The van der Waals surface area contributed by atoms with Crippen LogP contribution in [0, 0.1) is 0 Å². The van der Waals surface area contributed by atoms with Gasteiger partial charge in [-0.05, 0) is 32.3 Å². The minimum atomic E-state index is -0.222. The summed E-state index contributed by atoms with van der Waals surface area (Å²) in [5, 5.41) is 0. The monoisotopic (exact) mass is 239 g/mol. The Morgan fingerprint density at radius 1 is 1.35 bits per heavy atom. The molecule has 1 rings (SSSR count). The van der Waals surface area contributed by atoms with E-state index in [1.807, 2.05) is 0 Å². The Balaban J connectivity index is 2.31. The highest BCUT2D eigenvalue weighted by Gasteiger charge is 2.19. The number of amides is 1. The third kappa shape index (κ3) is 5.02. The van der Waals surface area contributed by atoms with E-state index in [1.165, 1.54) is 0 Å². The normalized spacial score (nSPS) is 15.6. The Labute approximate surface area is 103 Å². The first-order valence-electron chi connectivity index (χ1n) is 6.25. The van der Waals surface area contributed by atoms with Crippen molar-refractivity contribution >= 4 is 11.9 Å². The van der Waals surface area contributed by atoms with Crippen molar-refractivity contribution < 1.29 is 14.3 Å². The van der Waals surface area contributed by atoms with Crippen molar-refractivity contribution in [3.05, 3.63) is 11.6 Å². The Morgan fingerprint density at radius 2 is 2.00 bits per heavy atom. The lowest BCUT2D eigenvalue weighted by Crippen LogP contribution is -2.37. The number of carbonyl (C=O) groups is 2. The molecule has 0 aromatic carbocycles. The molecule has 0 radical (unpaired) electrons. The lowest BCUT2D eigenvalue weighted by atomic mass is 10.0. The van der Waals surface area contributed by atoms with Crippen LogP contribution in [0.1, 0.15) is 39.5 Å². The molecule has 1 aliphatic rings. The van der Waals surface area contributed by atoms with Crippen LogP contribution < -0.4 is 0 Å². The smallest absolute Gasteiger partial charge is 0.409 e. The van der Waals surface area contributed by atoms with E-state index in [0.717, 1.165) is 31.3 Å². The fourth-order valence-corrected chi connectivity index (χ4v) is 1.80. The van der Waals surface area contributed by atoms with Gasteiger partial charge in [0.15, 0.2) is 5.78 Å². The Morgan fingerprint density at radius 3 is 2.53 bits per heavy atom. The van der Waals surface area contributed by atoms with Gasteiger partial charge in [0.1, 0.15) is 0 Å². The molecule has 0 spiro atoms. The maximum Gasteiger partial charge on any atom is 0.409 e. The van der Waals surface area contributed by atoms with Gasteiger partial charge in [-0.15, -0.1) is 0 Å². The van der Waals surface area contributed by atoms with Crippen molar-refractivity contribution in [2.24, 2.45) is 0 Å². The number of rotatable bonds is 4. The first kappa shape index (κ1) is 13.7. The van der Waals surface area contributed by atoms with E-state index in [2.05, 4.69) is 6.92 Å². The molecular formula is C13H21NO3. The molecule has 0 unspecified atom stereocenters. The molecule has 1 fully saturated rings. The third-order valence-electron chi connectivity index (χ3n) is 2.79. The van der Waals surface area contributed by atoms with Gasteiger partial charge in [-0.25, -0.2) is 4.79 Å². The molecule has 0 aromatic heterocycles. The van der Waals surface area contributed by atoms with Crippen LogP contribution >= 0.6 is 0 Å². The van der Waals surface area contributed by atoms with Crippen LogP contribution in [0.5, 0.6) is 0 Å². The molecule has 17 heavy (non-hydrogen) atoms. The summed E-state index contributed by atoms with van der Waals surface area (Å²) in [4.78, 5) is 24.3. The zero-order valence-electron chi connectivity index (χ0n) is 10.7. The molecule has 1 amide bonds. The Kier molecular flexibility index (Phi) is 5.73. The van der Waals surface area contributed by atoms with Gasteiger partial charge in [0.25, 0.3) is 0 Å². The molecule has 1 heterocycles. The molecule has 0 aromatic rings. The minimum absolute atomic E-state index is 0.0824. The SMILES string of the molecule is CCCCOC(=O)N1CCC(=CC(C)=O)CC1. The molecule has 0 aliphatic carbocycles. The molecule has 1 aliphatic heterocycles. The summed E-state index contributed by atoms with van der Waals surface area (Å²) in [6, 6.07) is 0. The standard InChI is InChI=1S/C13H21NO3/c1-3-4-9-17-13(16)14-7-5-12(6-8-14)10-11(2)15/h10H,3-9H2,1-2H3. The Bertz CT molecular complexity index is 300. The zero-order chi connectivity index (χ0) is 12.7. The van der Waals surface area contributed by atoms with Crippen LogP contribution in [-0.2, 0) is 9.53 Å². The highest BCUT2D eigenvalue weighted by atomic mass is 16.6. The van der Waals surface area contributed by atoms with Crippen molar-refractivity contribution in [2.45, 2.75) is 39.5 Å². The predicted octanol–water partition coefficient (Wildman–Crippen LogP) is 2.53. The molecular weight excluding hydrogens is 218 g/mol. The largest absolute Gasteiger partial charge is 0.449 e. The number of ether oxygens (including phenoxy) is 1. The van der Waals surface area contributed by atoms with Crippen molar-refractivity contribution in [3.8, 4) is 0 Å². The molecule has 0 bridgehead atoms. The van der Waals surface area contributed by atoms with Crippen LogP contribution in [0.4, 0.5) is 4.79 Å². The fraction of sp³-hybridized carbons (Fsp3) is 0.692. The van der Waals surface area contributed by atoms with Crippen LogP contribution in [-0.4, -0.2) is 36.5 Å². The van der Waals surface area contributed by atoms with E-state index in [-0.39, 0.29) is 11.9 Å². The minimum Gasteiger partial charge on any atom is -0.449 e. The maximum absolute atomic E-state index is 11.6. The summed E-state index contributed by atoms with van der Waals surface area (Å²) in [5.41, 5.74) is 1.13. The quantitative estimate of drug-likeness (QED) is 0.559. The first-order chi connectivity index (χ1) is 8.13. The summed E-state index contributed by atoms with van der Waals surface area (Å²) >= 11 is 0. The van der Waals surface area contributed by atoms with Gasteiger partial charge >= 0.3 is 6.09 Å². The van der Waals surface area contributed by atoms with Gasteiger partial charge < -0.3 is 9.64 Å². The highest BCUT2D eigenvalue weighted by Crippen LogP contribution is 2.16. The number of nitrogens with zero attached hydrogens (tertiary/aromatic N) is 1. The van der Waals surface area contributed by atoms with E-state index >= 15 is 0 Å². The fourth-order valence-electron chi connectivity index (χ4n) is 1.80. The van der Waals surface area contributed by atoms with Crippen molar-refractivity contribution in [1.82, 2.24) is 4.90 Å². The number of likely N-dealkylation sites (tertiary alicyclic amines) is 1. The molecule has 4 heteroatoms. The average Bonchev–Trinajstić information content (AvgIpc) is 2.29. The van der Waals surface area contributed by atoms with Crippen LogP contribution in [0.2, 0.25) is 0 Å². The van der Waals surface area contributed by atoms with E-state index in [1.54, 1.807) is 17.9 Å². The predicted molar refractivity (Wildman–Crippen MR) is 65.8 cm³/mol. The lowest BCUT2D eigenvalue weighted by Gasteiger charge is -2.27. The number of hydrogen-bond acceptors (Lipinski definition) is 3. The summed E-state index contributed by atoms with van der Waals surface area (Å²) < 4.78 is 5.14. The first-order valence-corrected chi connectivity index (χ1v) is 6.25. The van der Waals surface area contributed by atoms with Gasteiger partial charge in [-0.3, -0.25) is 4.79 Å². The van der Waals surface area contributed by atoms with E-state index in [4.69, 9.17) is 4.74 Å². The number of unbranched alkanes of at least 4 members (excludes halogenated alkanes) is 1. The zero-order valence-corrected chi connectivity index (χ0v) is 10.7. The van der Waals surface area contributed by atoms with E-state index < -0.39 is 0 Å². The lowest BCUT2D eigenvalue weighted by molar-refractivity contribution is -0.112. The second kappa shape index (κ2) is 7.09. The number of ketones is 1. The van der Waals surface area contributed by atoms with Gasteiger partial charge in [-0.1, -0.05) is 18.9 Å². The molecule has 1 saturated heterocycles. The van der Waals surface area contributed by atoms with Crippen molar-refractivity contribution in [3.63, 3.8) is 0 Å². The second-order valence-electron chi connectivity index (χ2n) is 4.37. The number of hydrogen-bond donors (Lipinski definition) is 0. The molecule has 96 valence electrons. The van der Waals surface area contributed by atoms with Crippen LogP contribution in [0.15, 0.2) is 11.6 Å². The van der Waals surface area contributed by atoms with Gasteiger partial charge in [0, 0.05) is 13.1 Å². The highest BCUT2D eigenvalue weighted by molar-refractivity contribution is 5.88. The summed E-state index contributed by atoms with van der Waals surface area (Å²) in [7, 11) is 0. The van der Waals surface area contributed by atoms with Gasteiger partial charge in [0.2, 0.25) is 0 Å². The average molecular weight is 239 g/mol. The van der Waals surface area contributed by atoms with Crippen molar-refractivity contribution in [1.29, 1.82) is 0 Å². The number of piperidine rings is 1. The summed E-state index contributed by atoms with van der Waals surface area (Å²) in [6.07, 6.45) is 4.96. The topological polar surface area (TPSA) is 46.6 Å². The molecule has 0 atom stereocenters. The number of allylic oxidation sites excluding steroid dienone is 1. The second-order valence-corrected chi connectivity index (χ2v) is 4.37. The van der Waals surface area contributed by atoms with Gasteiger partial charge in [-0.2, -0.15) is 0 Å². The molecule has 4 nitrogen and oxygen atoms in total. The van der Waals surface area contributed by atoms with Crippen LogP contribution in [0.25, 0.3) is 0 Å². The molecule has 0 N–H and O–H groups in total. The Hall–Kier alpha value is -1.32. The number of carbonyl (C=O) groups excluding carboxylic acids is 2. The van der Waals surface area contributed by atoms with E-state index in [9.17, 15) is 9.59 Å². The third-order valence-corrected chi connectivity index (χ3v) is 2.79. The molecule has 0 saturated carbocycles. The summed E-state index contributed by atoms with van der Waals surface area (Å²) in [5.74, 6) is 0.0824. The van der Waals surface area contributed by atoms with Crippen LogP contribution in [0.3, 0.4) is 0 Å². The summed E-state index contributed by atoms with van der Waals surface area (Å²) in [6.45, 7) is 5.43.